The van der Waals surface area contributed by atoms with Gasteiger partial charge in [-0.25, -0.2) is 13.2 Å². The van der Waals surface area contributed by atoms with Gasteiger partial charge in [-0.15, -0.1) is 0 Å². The fourth-order valence-corrected chi connectivity index (χ4v) is 4.94. The Morgan fingerprint density at radius 1 is 1.13 bits per heavy atom. The van der Waals surface area contributed by atoms with Gasteiger partial charge in [0.2, 0.25) is 10.0 Å². The van der Waals surface area contributed by atoms with Crippen LogP contribution in [0.2, 0.25) is 0 Å². The number of carbonyl (C=O) groups is 2. The lowest BCUT2D eigenvalue weighted by Gasteiger charge is -2.26. The van der Waals surface area contributed by atoms with E-state index >= 15 is 0 Å². The summed E-state index contributed by atoms with van der Waals surface area (Å²) in [5, 5.41) is 2.73. The van der Waals surface area contributed by atoms with Gasteiger partial charge in [0.15, 0.2) is 6.61 Å². The molecule has 0 spiro atoms. The Labute approximate surface area is 182 Å². The molecule has 1 amide bonds. The van der Waals surface area contributed by atoms with Crippen LogP contribution in [0.1, 0.15) is 28.4 Å². The molecule has 166 valence electrons. The number of morpholine rings is 1. The molecule has 0 radical (unpaired) electrons. The van der Waals surface area contributed by atoms with Crippen LogP contribution in [0.15, 0.2) is 47.4 Å². The van der Waals surface area contributed by atoms with E-state index in [0.29, 0.717) is 24.5 Å². The summed E-state index contributed by atoms with van der Waals surface area (Å²) >= 11 is 0. The summed E-state index contributed by atoms with van der Waals surface area (Å²) in [5.41, 5.74) is 2.23. The lowest BCUT2D eigenvalue weighted by molar-refractivity contribution is -0.119. The third-order valence-corrected chi connectivity index (χ3v) is 7.06. The van der Waals surface area contributed by atoms with E-state index < -0.39 is 28.5 Å². The van der Waals surface area contributed by atoms with Crippen molar-refractivity contribution >= 4 is 27.6 Å². The molecule has 1 N–H and O–H groups in total. The maximum atomic E-state index is 13.0. The number of hydrogen-bond acceptors (Lipinski definition) is 6. The highest BCUT2D eigenvalue weighted by Gasteiger charge is 2.28. The molecule has 8 nitrogen and oxygen atoms in total. The van der Waals surface area contributed by atoms with Gasteiger partial charge in [-0.2, -0.15) is 4.31 Å². The molecule has 9 heteroatoms. The van der Waals surface area contributed by atoms with Gasteiger partial charge in [-0.1, -0.05) is 31.2 Å². The number of amides is 1. The number of hydrogen-bond donors (Lipinski definition) is 1. The number of para-hydroxylation sites is 1. The van der Waals surface area contributed by atoms with E-state index in [4.69, 9.17) is 9.47 Å². The van der Waals surface area contributed by atoms with Gasteiger partial charge >= 0.3 is 5.97 Å². The summed E-state index contributed by atoms with van der Waals surface area (Å²) in [5.74, 6) is -1.24. The normalized spacial score (nSPS) is 14.8. The predicted molar refractivity (Wildman–Crippen MR) is 115 cm³/mol. The van der Waals surface area contributed by atoms with Crippen molar-refractivity contribution < 1.29 is 27.5 Å². The molecule has 0 saturated carbocycles. The van der Waals surface area contributed by atoms with E-state index in [0.717, 1.165) is 12.0 Å². The Morgan fingerprint density at radius 2 is 1.84 bits per heavy atom. The minimum atomic E-state index is -3.76. The Morgan fingerprint density at radius 3 is 2.55 bits per heavy atom. The van der Waals surface area contributed by atoms with E-state index in [1.807, 2.05) is 25.1 Å². The average Bonchev–Trinajstić information content (AvgIpc) is 2.78. The van der Waals surface area contributed by atoms with Gasteiger partial charge in [0.05, 0.1) is 23.7 Å². The molecule has 1 saturated heterocycles. The number of carbonyl (C=O) groups excluding carboxylic acids is 2. The lowest BCUT2D eigenvalue weighted by Crippen LogP contribution is -2.40. The fraction of sp³-hybridized carbons (Fsp3) is 0.364. The maximum absolute atomic E-state index is 13.0. The number of aryl methyl sites for hydroxylation is 2. The Hall–Kier alpha value is -2.75. The van der Waals surface area contributed by atoms with Crippen molar-refractivity contribution in [2.45, 2.75) is 25.2 Å². The van der Waals surface area contributed by atoms with Gasteiger partial charge in [0, 0.05) is 18.8 Å². The van der Waals surface area contributed by atoms with Crippen molar-refractivity contribution in [1.82, 2.24) is 4.31 Å². The summed E-state index contributed by atoms with van der Waals surface area (Å²) in [7, 11) is -3.76. The molecule has 1 heterocycles. The van der Waals surface area contributed by atoms with E-state index in [1.54, 1.807) is 19.1 Å². The van der Waals surface area contributed by atoms with Gasteiger partial charge in [0.25, 0.3) is 5.91 Å². The number of sulfonamides is 1. The number of esters is 1. The first kappa shape index (κ1) is 22.9. The summed E-state index contributed by atoms with van der Waals surface area (Å²) in [6, 6.07) is 11.7. The Balaban J connectivity index is 1.68. The first-order chi connectivity index (χ1) is 14.8. The van der Waals surface area contributed by atoms with Crippen LogP contribution in [-0.4, -0.2) is 57.5 Å². The smallest absolute Gasteiger partial charge is 0.338 e. The number of anilines is 1. The average molecular weight is 447 g/mol. The third kappa shape index (κ3) is 5.49. The first-order valence-corrected chi connectivity index (χ1v) is 11.5. The van der Waals surface area contributed by atoms with Crippen LogP contribution in [0.25, 0.3) is 0 Å². The predicted octanol–water partition coefficient (Wildman–Crippen LogP) is 2.37. The Kier molecular flexibility index (Phi) is 7.42. The quantitative estimate of drug-likeness (QED) is 0.655. The molecule has 0 bridgehead atoms. The first-order valence-electron chi connectivity index (χ1n) is 10.1. The van der Waals surface area contributed by atoms with Gasteiger partial charge in [0.1, 0.15) is 0 Å². The molecule has 0 aliphatic carbocycles. The summed E-state index contributed by atoms with van der Waals surface area (Å²) < 4.78 is 37.6. The highest BCUT2D eigenvalue weighted by atomic mass is 32.2. The fourth-order valence-electron chi connectivity index (χ4n) is 3.28. The van der Waals surface area contributed by atoms with Crippen molar-refractivity contribution in [2.75, 3.05) is 38.2 Å². The molecule has 0 unspecified atom stereocenters. The van der Waals surface area contributed by atoms with E-state index in [9.17, 15) is 18.0 Å². The minimum Gasteiger partial charge on any atom is -0.452 e. The molecule has 2 aromatic rings. The van der Waals surface area contributed by atoms with Gasteiger partial charge < -0.3 is 14.8 Å². The number of rotatable bonds is 7. The molecule has 3 rings (SSSR count). The second-order valence-corrected chi connectivity index (χ2v) is 9.04. The number of nitrogens with zero attached hydrogens (tertiary/aromatic N) is 1. The van der Waals surface area contributed by atoms with E-state index in [2.05, 4.69) is 5.32 Å². The van der Waals surface area contributed by atoms with Crippen LogP contribution >= 0.6 is 0 Å². The van der Waals surface area contributed by atoms with Crippen LogP contribution in [0, 0.1) is 6.92 Å². The van der Waals surface area contributed by atoms with Crippen molar-refractivity contribution in [2.24, 2.45) is 0 Å². The van der Waals surface area contributed by atoms with Gasteiger partial charge in [-0.05, 0) is 42.7 Å². The van der Waals surface area contributed by atoms with Crippen molar-refractivity contribution in [3.8, 4) is 0 Å². The van der Waals surface area contributed by atoms with Crippen molar-refractivity contribution in [1.29, 1.82) is 0 Å². The largest absolute Gasteiger partial charge is 0.452 e. The van der Waals surface area contributed by atoms with Crippen LogP contribution in [0.5, 0.6) is 0 Å². The highest BCUT2D eigenvalue weighted by Crippen LogP contribution is 2.23. The zero-order valence-corrected chi connectivity index (χ0v) is 18.4. The molecular formula is C22H26N2O6S. The van der Waals surface area contributed by atoms with Crippen molar-refractivity contribution in [3.05, 3.63) is 59.2 Å². The van der Waals surface area contributed by atoms with Crippen LogP contribution < -0.4 is 5.32 Å². The number of benzene rings is 2. The van der Waals surface area contributed by atoms with E-state index in [1.165, 1.54) is 16.4 Å². The topological polar surface area (TPSA) is 102 Å². The zero-order chi connectivity index (χ0) is 22.4. The summed E-state index contributed by atoms with van der Waals surface area (Å²) in [4.78, 5) is 24.7. The molecule has 0 aromatic heterocycles. The molecule has 2 aromatic carbocycles. The number of nitrogens with one attached hydrogen (secondary N) is 1. The minimum absolute atomic E-state index is 0.0465. The molecule has 31 heavy (non-hydrogen) atoms. The van der Waals surface area contributed by atoms with Crippen LogP contribution in [-0.2, 0) is 30.7 Å². The monoisotopic (exact) mass is 446 g/mol. The SMILES string of the molecule is CCc1ccccc1NC(=O)COC(=O)c1ccc(C)c(S(=O)(=O)N2CCOCC2)c1. The van der Waals surface area contributed by atoms with E-state index in [-0.39, 0.29) is 23.5 Å². The summed E-state index contributed by atoms with van der Waals surface area (Å²) in [6.45, 7) is 4.35. The molecule has 1 fully saturated rings. The molecule has 1 aliphatic rings. The molecule has 1 aliphatic heterocycles. The standard InChI is InChI=1S/C22H26N2O6S/c1-3-17-6-4-5-7-19(17)23-21(25)15-30-22(26)18-9-8-16(2)20(14-18)31(27,28)24-10-12-29-13-11-24/h4-9,14H,3,10-13,15H2,1-2H3,(H,23,25). The Bertz CT molecular complexity index is 1060. The molecule has 0 atom stereocenters. The number of ether oxygens (including phenoxy) is 2. The lowest BCUT2D eigenvalue weighted by atomic mass is 10.1. The van der Waals surface area contributed by atoms with Crippen molar-refractivity contribution in [3.63, 3.8) is 0 Å². The maximum Gasteiger partial charge on any atom is 0.338 e. The molecular weight excluding hydrogens is 420 g/mol. The zero-order valence-electron chi connectivity index (χ0n) is 17.6. The van der Waals surface area contributed by atoms with Crippen LogP contribution in [0.4, 0.5) is 5.69 Å². The van der Waals surface area contributed by atoms with Crippen LogP contribution in [0.3, 0.4) is 0 Å². The second kappa shape index (κ2) is 10.0. The summed E-state index contributed by atoms with van der Waals surface area (Å²) in [6.07, 6.45) is 0.750. The highest BCUT2D eigenvalue weighted by molar-refractivity contribution is 7.89. The van der Waals surface area contributed by atoms with Gasteiger partial charge in [-0.3, -0.25) is 4.79 Å². The third-order valence-electron chi connectivity index (χ3n) is 5.02. The second-order valence-electron chi connectivity index (χ2n) is 7.13.